The number of ether oxygens (including phenoxy) is 2. The molecule has 1 aliphatic carbocycles. The van der Waals surface area contributed by atoms with Gasteiger partial charge < -0.3 is 9.47 Å². The largest absolute Gasteiger partial charge is 0.487 e. The van der Waals surface area contributed by atoms with Crippen molar-refractivity contribution in [1.82, 2.24) is 0 Å². The SMILES string of the molecule is CC(C)(C)Oc1c(C=O)cccc1OC1CC1. The van der Waals surface area contributed by atoms with E-state index in [9.17, 15) is 4.79 Å². The molecule has 17 heavy (non-hydrogen) atoms. The van der Waals surface area contributed by atoms with Crippen LogP contribution in [-0.4, -0.2) is 18.0 Å². The van der Waals surface area contributed by atoms with E-state index in [1.54, 1.807) is 6.07 Å². The molecule has 3 heteroatoms. The Hall–Kier alpha value is -1.51. The van der Waals surface area contributed by atoms with E-state index in [1.807, 2.05) is 32.9 Å². The third-order valence-electron chi connectivity index (χ3n) is 2.36. The van der Waals surface area contributed by atoms with Gasteiger partial charge in [0.25, 0.3) is 0 Å². The van der Waals surface area contributed by atoms with Crippen molar-refractivity contribution >= 4 is 6.29 Å². The molecule has 2 rings (SSSR count). The molecule has 0 atom stereocenters. The first-order chi connectivity index (χ1) is 7.99. The van der Waals surface area contributed by atoms with Crippen LogP contribution in [0.5, 0.6) is 11.5 Å². The van der Waals surface area contributed by atoms with Gasteiger partial charge in [-0.1, -0.05) is 6.07 Å². The molecule has 0 radical (unpaired) electrons. The monoisotopic (exact) mass is 234 g/mol. The van der Waals surface area contributed by atoms with Gasteiger partial charge in [0.1, 0.15) is 5.60 Å². The molecule has 0 bridgehead atoms. The predicted octanol–water partition coefficient (Wildman–Crippen LogP) is 3.22. The van der Waals surface area contributed by atoms with Gasteiger partial charge >= 0.3 is 0 Å². The average Bonchev–Trinajstić information content (AvgIpc) is 3.02. The van der Waals surface area contributed by atoms with Crippen molar-refractivity contribution in [3.63, 3.8) is 0 Å². The fourth-order valence-corrected chi connectivity index (χ4v) is 1.50. The van der Waals surface area contributed by atoms with Crippen molar-refractivity contribution in [1.29, 1.82) is 0 Å². The number of hydrogen-bond acceptors (Lipinski definition) is 3. The molecule has 0 saturated heterocycles. The van der Waals surface area contributed by atoms with Crippen LogP contribution in [-0.2, 0) is 0 Å². The van der Waals surface area contributed by atoms with E-state index in [2.05, 4.69) is 0 Å². The van der Waals surface area contributed by atoms with Crippen molar-refractivity contribution in [3.05, 3.63) is 23.8 Å². The molecule has 1 fully saturated rings. The highest BCUT2D eigenvalue weighted by atomic mass is 16.5. The topological polar surface area (TPSA) is 35.5 Å². The van der Waals surface area contributed by atoms with Crippen LogP contribution in [0.1, 0.15) is 44.0 Å². The summed E-state index contributed by atoms with van der Waals surface area (Å²) in [4.78, 5) is 11.0. The summed E-state index contributed by atoms with van der Waals surface area (Å²) in [6.07, 6.45) is 3.26. The van der Waals surface area contributed by atoms with E-state index in [1.165, 1.54) is 0 Å². The summed E-state index contributed by atoms with van der Waals surface area (Å²) in [6.45, 7) is 5.86. The minimum absolute atomic E-state index is 0.291. The van der Waals surface area contributed by atoms with Gasteiger partial charge in [-0.15, -0.1) is 0 Å². The minimum Gasteiger partial charge on any atom is -0.487 e. The van der Waals surface area contributed by atoms with Crippen LogP contribution in [0, 0.1) is 0 Å². The third-order valence-corrected chi connectivity index (χ3v) is 2.36. The van der Waals surface area contributed by atoms with Crippen LogP contribution in [0.4, 0.5) is 0 Å². The number of carbonyl (C=O) groups is 1. The van der Waals surface area contributed by atoms with Crippen LogP contribution in [0.3, 0.4) is 0 Å². The summed E-state index contributed by atoms with van der Waals surface area (Å²) < 4.78 is 11.6. The highest BCUT2D eigenvalue weighted by Crippen LogP contribution is 2.37. The van der Waals surface area contributed by atoms with Crippen LogP contribution >= 0.6 is 0 Å². The van der Waals surface area contributed by atoms with E-state index in [0.717, 1.165) is 19.1 Å². The van der Waals surface area contributed by atoms with Crippen LogP contribution in [0.25, 0.3) is 0 Å². The molecule has 1 aromatic carbocycles. The molecule has 0 unspecified atom stereocenters. The second-order valence-electron chi connectivity index (χ2n) is 5.32. The van der Waals surface area contributed by atoms with E-state index in [4.69, 9.17) is 9.47 Å². The summed E-state index contributed by atoms with van der Waals surface area (Å²) in [6, 6.07) is 5.41. The molecule has 92 valence electrons. The summed E-state index contributed by atoms with van der Waals surface area (Å²) in [5.41, 5.74) is 0.193. The lowest BCUT2D eigenvalue weighted by atomic mass is 10.1. The highest BCUT2D eigenvalue weighted by Gasteiger charge is 2.26. The average molecular weight is 234 g/mol. The van der Waals surface area contributed by atoms with Crippen LogP contribution < -0.4 is 9.47 Å². The maximum absolute atomic E-state index is 11.0. The molecule has 0 spiro atoms. The number of benzene rings is 1. The Balaban J connectivity index is 2.31. The predicted molar refractivity (Wildman–Crippen MR) is 65.9 cm³/mol. The highest BCUT2D eigenvalue weighted by molar-refractivity contribution is 5.81. The normalized spacial score (nSPS) is 15.5. The fourth-order valence-electron chi connectivity index (χ4n) is 1.50. The molecule has 1 saturated carbocycles. The molecule has 0 amide bonds. The van der Waals surface area contributed by atoms with Crippen molar-refractivity contribution in [2.75, 3.05) is 0 Å². The summed E-state index contributed by atoms with van der Waals surface area (Å²) >= 11 is 0. The standard InChI is InChI=1S/C14H18O3/c1-14(2,3)17-13-10(9-15)5-4-6-12(13)16-11-7-8-11/h4-6,9,11H,7-8H2,1-3H3. The zero-order valence-electron chi connectivity index (χ0n) is 10.5. The van der Waals surface area contributed by atoms with Gasteiger partial charge in [0.05, 0.1) is 11.7 Å². The first-order valence-electron chi connectivity index (χ1n) is 5.93. The maximum Gasteiger partial charge on any atom is 0.172 e. The summed E-state index contributed by atoms with van der Waals surface area (Å²) in [7, 11) is 0. The lowest BCUT2D eigenvalue weighted by Gasteiger charge is -2.24. The zero-order valence-corrected chi connectivity index (χ0v) is 10.5. The maximum atomic E-state index is 11.0. The Bertz CT molecular complexity index is 414. The second kappa shape index (κ2) is 4.40. The van der Waals surface area contributed by atoms with Gasteiger partial charge in [-0.2, -0.15) is 0 Å². The number of rotatable bonds is 4. The zero-order chi connectivity index (χ0) is 12.5. The smallest absolute Gasteiger partial charge is 0.172 e. The van der Waals surface area contributed by atoms with Gasteiger partial charge in [-0.05, 0) is 45.7 Å². The molecule has 1 aromatic rings. The summed E-state index contributed by atoms with van der Waals surface area (Å²) in [5, 5.41) is 0. The fraction of sp³-hybridized carbons (Fsp3) is 0.500. The first kappa shape index (κ1) is 12.0. The van der Waals surface area contributed by atoms with Gasteiger partial charge in [-0.3, -0.25) is 4.79 Å². The van der Waals surface area contributed by atoms with Gasteiger partial charge in [-0.25, -0.2) is 0 Å². The molecule has 0 heterocycles. The Kier molecular flexibility index (Phi) is 3.09. The van der Waals surface area contributed by atoms with Gasteiger partial charge in [0.2, 0.25) is 0 Å². The van der Waals surface area contributed by atoms with Gasteiger partial charge in [0, 0.05) is 0 Å². The number of aldehydes is 1. The van der Waals surface area contributed by atoms with E-state index in [0.29, 0.717) is 23.2 Å². The lowest BCUT2D eigenvalue weighted by molar-refractivity contribution is 0.107. The van der Waals surface area contributed by atoms with E-state index in [-0.39, 0.29) is 5.60 Å². The van der Waals surface area contributed by atoms with Crippen molar-refractivity contribution < 1.29 is 14.3 Å². The molecule has 3 nitrogen and oxygen atoms in total. The lowest BCUT2D eigenvalue weighted by Crippen LogP contribution is -2.24. The quantitative estimate of drug-likeness (QED) is 0.750. The molecule has 1 aliphatic rings. The van der Waals surface area contributed by atoms with Crippen molar-refractivity contribution in [3.8, 4) is 11.5 Å². The Morgan fingerprint density at radius 1 is 1.29 bits per heavy atom. The molecule has 0 aliphatic heterocycles. The van der Waals surface area contributed by atoms with E-state index < -0.39 is 0 Å². The number of carbonyl (C=O) groups excluding carboxylic acids is 1. The van der Waals surface area contributed by atoms with Crippen LogP contribution in [0.2, 0.25) is 0 Å². The molecular formula is C14H18O3. The second-order valence-corrected chi connectivity index (χ2v) is 5.32. The summed E-state index contributed by atoms with van der Waals surface area (Å²) in [5.74, 6) is 1.23. The molecule has 0 aromatic heterocycles. The Morgan fingerprint density at radius 3 is 2.53 bits per heavy atom. The third kappa shape index (κ3) is 3.22. The van der Waals surface area contributed by atoms with Crippen molar-refractivity contribution in [2.45, 2.75) is 45.3 Å². The first-order valence-corrected chi connectivity index (χ1v) is 5.93. The minimum atomic E-state index is -0.346. The molecular weight excluding hydrogens is 216 g/mol. The molecule has 0 N–H and O–H groups in total. The number of hydrogen-bond donors (Lipinski definition) is 0. The Morgan fingerprint density at radius 2 is 2.00 bits per heavy atom. The van der Waals surface area contributed by atoms with Crippen LogP contribution in [0.15, 0.2) is 18.2 Å². The Labute approximate surface area is 102 Å². The number of para-hydroxylation sites is 1. The van der Waals surface area contributed by atoms with Gasteiger partial charge in [0.15, 0.2) is 17.8 Å². The van der Waals surface area contributed by atoms with E-state index >= 15 is 0 Å². The van der Waals surface area contributed by atoms with Crippen molar-refractivity contribution in [2.24, 2.45) is 0 Å².